The number of hydrogen-bond donors (Lipinski definition) is 0. The van der Waals surface area contributed by atoms with E-state index in [0.29, 0.717) is 0 Å². The summed E-state index contributed by atoms with van der Waals surface area (Å²) in [6.45, 7) is 0. The molecule has 192 valence electrons. The third-order valence-corrected chi connectivity index (χ3v) is 7.89. The maximum atomic E-state index is 4.85. The van der Waals surface area contributed by atoms with Crippen LogP contribution in [-0.4, -0.2) is 14.5 Å². The summed E-state index contributed by atoms with van der Waals surface area (Å²) in [6, 6.07) is 51.3. The molecule has 0 N–H and O–H groups in total. The highest BCUT2D eigenvalue weighted by Gasteiger charge is 2.12. The normalized spacial score (nSPS) is 11.4. The third kappa shape index (κ3) is 3.98. The molecule has 0 bridgehead atoms. The average molecular weight is 524 g/mol. The SMILES string of the molecule is c1ccc(-c2ncc3c(-c4ccc(-c5ccc(-n6c7ccccc7c7ccccc76)cc5)cc4)cccc3n2)cc1. The highest BCUT2D eigenvalue weighted by molar-refractivity contribution is 6.09. The van der Waals surface area contributed by atoms with Crippen LogP contribution in [0.2, 0.25) is 0 Å². The lowest BCUT2D eigenvalue weighted by atomic mass is 9.98. The lowest BCUT2D eigenvalue weighted by molar-refractivity contribution is 1.18. The standard InChI is InChI=1S/C38H25N3/c1-2-9-29(10-3-1)38-39-25-34-31(13-8-14-35(34)40-38)28-19-17-26(18-20-28)27-21-23-30(24-22-27)41-36-15-6-4-11-32(36)33-12-5-7-16-37(33)41/h1-25H. The van der Waals surface area contributed by atoms with Crippen molar-refractivity contribution < 1.29 is 0 Å². The zero-order valence-corrected chi connectivity index (χ0v) is 22.3. The van der Waals surface area contributed by atoms with E-state index in [0.717, 1.165) is 39.1 Å². The van der Waals surface area contributed by atoms with E-state index in [-0.39, 0.29) is 0 Å². The van der Waals surface area contributed by atoms with E-state index in [1.807, 2.05) is 36.5 Å². The molecule has 8 rings (SSSR count). The molecule has 0 radical (unpaired) electrons. The molecule has 0 amide bonds. The molecule has 0 spiro atoms. The number of para-hydroxylation sites is 2. The van der Waals surface area contributed by atoms with Crippen molar-refractivity contribution in [1.29, 1.82) is 0 Å². The number of fused-ring (bicyclic) bond motifs is 4. The Kier molecular flexibility index (Phi) is 5.46. The van der Waals surface area contributed by atoms with Crippen LogP contribution in [0.25, 0.3) is 72.0 Å². The first-order valence-electron chi connectivity index (χ1n) is 13.8. The molecule has 0 saturated heterocycles. The van der Waals surface area contributed by atoms with Crippen LogP contribution in [0.3, 0.4) is 0 Å². The average Bonchev–Trinajstić information content (AvgIpc) is 3.39. The highest BCUT2D eigenvalue weighted by atomic mass is 15.0. The summed E-state index contributed by atoms with van der Waals surface area (Å²) in [7, 11) is 0. The highest BCUT2D eigenvalue weighted by Crippen LogP contribution is 2.34. The van der Waals surface area contributed by atoms with Gasteiger partial charge in [-0.2, -0.15) is 0 Å². The molecule has 8 aromatic rings. The number of hydrogen-bond acceptors (Lipinski definition) is 2. The van der Waals surface area contributed by atoms with Crippen molar-refractivity contribution in [2.24, 2.45) is 0 Å². The van der Waals surface area contributed by atoms with E-state index >= 15 is 0 Å². The van der Waals surface area contributed by atoms with Crippen LogP contribution in [0.15, 0.2) is 152 Å². The molecule has 2 heterocycles. The van der Waals surface area contributed by atoms with Crippen LogP contribution in [0.1, 0.15) is 0 Å². The van der Waals surface area contributed by atoms with Crippen molar-refractivity contribution in [2.45, 2.75) is 0 Å². The van der Waals surface area contributed by atoms with Gasteiger partial charge in [-0.05, 0) is 52.6 Å². The second-order valence-corrected chi connectivity index (χ2v) is 10.3. The largest absolute Gasteiger partial charge is 0.309 e. The summed E-state index contributed by atoms with van der Waals surface area (Å²) in [6.07, 6.45) is 1.95. The predicted octanol–water partition coefficient (Wildman–Crippen LogP) is 9.73. The second-order valence-electron chi connectivity index (χ2n) is 10.3. The Morgan fingerprint density at radius 3 is 1.68 bits per heavy atom. The Bertz CT molecular complexity index is 2120. The van der Waals surface area contributed by atoms with Crippen molar-refractivity contribution in [3.63, 3.8) is 0 Å². The summed E-state index contributed by atoms with van der Waals surface area (Å²) in [5, 5.41) is 3.60. The smallest absolute Gasteiger partial charge is 0.159 e. The van der Waals surface area contributed by atoms with E-state index in [4.69, 9.17) is 4.98 Å². The topological polar surface area (TPSA) is 30.7 Å². The minimum Gasteiger partial charge on any atom is -0.309 e. The lowest BCUT2D eigenvalue weighted by Gasteiger charge is -2.11. The lowest BCUT2D eigenvalue weighted by Crippen LogP contribution is -1.93. The molecule has 0 atom stereocenters. The minimum absolute atomic E-state index is 0.745. The fourth-order valence-electron chi connectivity index (χ4n) is 5.88. The van der Waals surface area contributed by atoms with Crippen LogP contribution >= 0.6 is 0 Å². The molecule has 6 aromatic carbocycles. The zero-order valence-electron chi connectivity index (χ0n) is 22.3. The molecule has 0 aliphatic heterocycles. The van der Waals surface area contributed by atoms with Crippen LogP contribution < -0.4 is 0 Å². The maximum Gasteiger partial charge on any atom is 0.159 e. The van der Waals surface area contributed by atoms with Crippen LogP contribution in [0.4, 0.5) is 0 Å². The third-order valence-electron chi connectivity index (χ3n) is 7.89. The van der Waals surface area contributed by atoms with Gasteiger partial charge in [0, 0.05) is 33.6 Å². The molecule has 0 aliphatic rings. The van der Waals surface area contributed by atoms with Crippen molar-refractivity contribution >= 4 is 32.7 Å². The molecular formula is C38H25N3. The first-order chi connectivity index (χ1) is 20.3. The number of benzene rings is 6. The summed E-state index contributed by atoms with van der Waals surface area (Å²) in [4.78, 5) is 9.53. The van der Waals surface area contributed by atoms with Crippen molar-refractivity contribution in [2.75, 3.05) is 0 Å². The van der Waals surface area contributed by atoms with Gasteiger partial charge in [0.1, 0.15) is 0 Å². The first kappa shape index (κ1) is 23.4. The summed E-state index contributed by atoms with van der Waals surface area (Å²) >= 11 is 0. The van der Waals surface area contributed by atoms with Gasteiger partial charge in [-0.1, -0.05) is 115 Å². The van der Waals surface area contributed by atoms with Gasteiger partial charge in [-0.15, -0.1) is 0 Å². The number of rotatable bonds is 4. The molecule has 0 unspecified atom stereocenters. The van der Waals surface area contributed by atoms with Crippen LogP contribution in [0, 0.1) is 0 Å². The Hall–Kier alpha value is -5.54. The quantitative estimate of drug-likeness (QED) is 0.230. The summed E-state index contributed by atoms with van der Waals surface area (Å²) in [5.41, 5.74) is 10.2. The molecule has 2 aromatic heterocycles. The van der Waals surface area contributed by atoms with Crippen LogP contribution in [-0.2, 0) is 0 Å². The van der Waals surface area contributed by atoms with Gasteiger partial charge < -0.3 is 4.57 Å². The van der Waals surface area contributed by atoms with Gasteiger partial charge in [0.15, 0.2) is 5.82 Å². The van der Waals surface area contributed by atoms with E-state index in [2.05, 4.69) is 125 Å². The number of nitrogens with zero attached hydrogens (tertiary/aromatic N) is 3. The fraction of sp³-hybridized carbons (Fsp3) is 0. The summed E-state index contributed by atoms with van der Waals surface area (Å²) in [5.74, 6) is 0.745. The van der Waals surface area contributed by atoms with Crippen LogP contribution in [0.5, 0.6) is 0 Å². The molecule has 0 fully saturated rings. The van der Waals surface area contributed by atoms with E-state index in [1.54, 1.807) is 0 Å². The van der Waals surface area contributed by atoms with E-state index in [9.17, 15) is 0 Å². The molecule has 41 heavy (non-hydrogen) atoms. The van der Waals surface area contributed by atoms with E-state index < -0.39 is 0 Å². The molecule has 0 aliphatic carbocycles. The maximum absolute atomic E-state index is 4.85. The Balaban J connectivity index is 1.12. The summed E-state index contributed by atoms with van der Waals surface area (Å²) < 4.78 is 2.35. The van der Waals surface area contributed by atoms with Gasteiger partial charge in [-0.25, -0.2) is 9.97 Å². The van der Waals surface area contributed by atoms with Gasteiger partial charge in [0.2, 0.25) is 0 Å². The fourth-order valence-corrected chi connectivity index (χ4v) is 5.88. The molecule has 0 saturated carbocycles. The van der Waals surface area contributed by atoms with Gasteiger partial charge in [0.25, 0.3) is 0 Å². The van der Waals surface area contributed by atoms with Gasteiger partial charge >= 0.3 is 0 Å². The van der Waals surface area contributed by atoms with Crippen molar-refractivity contribution in [3.05, 3.63) is 152 Å². The predicted molar refractivity (Wildman–Crippen MR) is 170 cm³/mol. The molecular weight excluding hydrogens is 498 g/mol. The van der Waals surface area contributed by atoms with E-state index in [1.165, 1.54) is 32.9 Å². The van der Waals surface area contributed by atoms with Gasteiger partial charge in [-0.3, -0.25) is 0 Å². The van der Waals surface area contributed by atoms with Crippen molar-refractivity contribution in [3.8, 4) is 39.3 Å². The Morgan fingerprint density at radius 2 is 1.00 bits per heavy atom. The zero-order chi connectivity index (χ0) is 27.2. The Morgan fingerprint density at radius 1 is 0.415 bits per heavy atom. The molecule has 3 heteroatoms. The number of aromatic nitrogens is 3. The Labute approximate surface area is 238 Å². The first-order valence-corrected chi connectivity index (χ1v) is 13.8. The molecule has 3 nitrogen and oxygen atoms in total. The van der Waals surface area contributed by atoms with Gasteiger partial charge in [0.05, 0.1) is 16.6 Å². The monoisotopic (exact) mass is 523 g/mol. The van der Waals surface area contributed by atoms with Crippen molar-refractivity contribution in [1.82, 2.24) is 14.5 Å². The minimum atomic E-state index is 0.745. The second kappa shape index (κ2) is 9.58.